The average molecular weight is 416 g/mol. The fourth-order valence-electron chi connectivity index (χ4n) is 3.14. The van der Waals surface area contributed by atoms with E-state index in [1.807, 2.05) is 0 Å². The molecule has 3 aromatic rings. The Morgan fingerprint density at radius 3 is 1.97 bits per heavy atom. The highest BCUT2D eigenvalue weighted by Crippen LogP contribution is 2.23. The van der Waals surface area contributed by atoms with Gasteiger partial charge in [0, 0.05) is 35.6 Å². The van der Waals surface area contributed by atoms with E-state index >= 15 is 0 Å². The normalized spacial score (nSPS) is 12.9. The summed E-state index contributed by atoms with van der Waals surface area (Å²) >= 11 is 0. The number of hydrogen-bond acceptors (Lipinski definition) is 4. The van der Waals surface area contributed by atoms with Crippen LogP contribution in [0.25, 0.3) is 0 Å². The molecule has 1 heterocycles. The van der Waals surface area contributed by atoms with Gasteiger partial charge in [-0.15, -0.1) is 0 Å². The van der Waals surface area contributed by atoms with Crippen LogP contribution in [0.4, 0.5) is 16.2 Å². The lowest BCUT2D eigenvalue weighted by Crippen LogP contribution is -2.27. The minimum atomic E-state index is -0.502. The van der Waals surface area contributed by atoms with Gasteiger partial charge in [0.25, 0.3) is 5.91 Å². The summed E-state index contributed by atoms with van der Waals surface area (Å²) in [4.78, 5) is 37.0. The Kier molecular flexibility index (Phi) is 5.53. The summed E-state index contributed by atoms with van der Waals surface area (Å²) in [6, 6.07) is 20.1. The summed E-state index contributed by atoms with van der Waals surface area (Å²) in [5.41, 5.74) is 7.50. The predicted octanol–water partition coefficient (Wildman–Crippen LogP) is 3.36. The van der Waals surface area contributed by atoms with Gasteiger partial charge in [-0.05, 0) is 72.8 Å². The van der Waals surface area contributed by atoms with Crippen LogP contribution < -0.4 is 26.0 Å². The number of rotatable bonds is 6. The van der Waals surface area contributed by atoms with Crippen molar-refractivity contribution in [3.05, 3.63) is 83.9 Å². The van der Waals surface area contributed by atoms with Gasteiger partial charge in [-0.3, -0.25) is 14.5 Å². The molecule has 0 aromatic heterocycles. The van der Waals surface area contributed by atoms with E-state index in [1.165, 1.54) is 0 Å². The van der Waals surface area contributed by atoms with E-state index in [0.29, 0.717) is 41.4 Å². The lowest BCUT2D eigenvalue weighted by atomic mass is 10.2. The SMILES string of the molecule is NC(=O)c1ccc(Oc2ccc(C(=O)Nc3ccc(N4CCNC4=O)cc3)cc2)cc1. The molecular weight excluding hydrogens is 396 g/mol. The zero-order valence-electron chi connectivity index (χ0n) is 16.5. The maximum atomic E-state index is 12.5. The molecule has 0 unspecified atom stereocenters. The van der Waals surface area contributed by atoms with Gasteiger partial charge in [0.2, 0.25) is 5.91 Å². The number of benzene rings is 3. The van der Waals surface area contributed by atoms with E-state index in [1.54, 1.807) is 77.7 Å². The smallest absolute Gasteiger partial charge is 0.321 e. The van der Waals surface area contributed by atoms with Gasteiger partial charge in [-0.2, -0.15) is 0 Å². The molecule has 1 aliphatic rings. The topological polar surface area (TPSA) is 114 Å². The number of nitrogens with two attached hydrogens (primary N) is 1. The zero-order chi connectivity index (χ0) is 21.8. The second kappa shape index (κ2) is 8.58. The predicted molar refractivity (Wildman–Crippen MR) is 117 cm³/mol. The molecule has 0 radical (unpaired) electrons. The third kappa shape index (κ3) is 4.64. The highest BCUT2D eigenvalue weighted by molar-refractivity contribution is 6.04. The van der Waals surface area contributed by atoms with Gasteiger partial charge in [0.05, 0.1) is 0 Å². The van der Waals surface area contributed by atoms with Crippen LogP contribution in [0, 0.1) is 0 Å². The number of ether oxygens (including phenoxy) is 1. The number of nitrogens with zero attached hydrogens (tertiary/aromatic N) is 1. The summed E-state index contributed by atoms with van der Waals surface area (Å²) in [6.45, 7) is 1.24. The van der Waals surface area contributed by atoms with Crippen molar-refractivity contribution in [1.29, 1.82) is 0 Å². The van der Waals surface area contributed by atoms with Crippen LogP contribution in [0.1, 0.15) is 20.7 Å². The molecule has 31 heavy (non-hydrogen) atoms. The summed E-state index contributed by atoms with van der Waals surface area (Å²) in [5, 5.41) is 5.58. The zero-order valence-corrected chi connectivity index (χ0v) is 16.5. The Morgan fingerprint density at radius 2 is 1.45 bits per heavy atom. The van der Waals surface area contributed by atoms with Crippen LogP contribution in [0.3, 0.4) is 0 Å². The van der Waals surface area contributed by atoms with Crippen LogP contribution >= 0.6 is 0 Å². The monoisotopic (exact) mass is 416 g/mol. The molecule has 0 atom stereocenters. The number of anilines is 2. The van der Waals surface area contributed by atoms with E-state index in [9.17, 15) is 14.4 Å². The molecule has 156 valence electrons. The second-order valence-corrected chi connectivity index (χ2v) is 6.90. The molecule has 4 N–H and O–H groups in total. The number of primary amides is 1. The molecule has 0 saturated carbocycles. The first-order chi connectivity index (χ1) is 15.0. The van der Waals surface area contributed by atoms with Crippen LogP contribution in [0.15, 0.2) is 72.8 Å². The largest absolute Gasteiger partial charge is 0.457 e. The molecule has 4 rings (SSSR count). The molecule has 1 aliphatic heterocycles. The van der Waals surface area contributed by atoms with Crippen LogP contribution in [-0.2, 0) is 0 Å². The van der Waals surface area contributed by atoms with Crippen molar-refractivity contribution < 1.29 is 19.1 Å². The summed E-state index contributed by atoms with van der Waals surface area (Å²) < 4.78 is 5.72. The van der Waals surface area contributed by atoms with E-state index < -0.39 is 5.91 Å². The van der Waals surface area contributed by atoms with Gasteiger partial charge in [0.15, 0.2) is 0 Å². The van der Waals surface area contributed by atoms with Crippen molar-refractivity contribution in [3.8, 4) is 11.5 Å². The van der Waals surface area contributed by atoms with Crippen LogP contribution in [0.5, 0.6) is 11.5 Å². The van der Waals surface area contributed by atoms with Crippen LogP contribution in [-0.4, -0.2) is 30.9 Å². The fraction of sp³-hybridized carbons (Fsp3) is 0.0870. The Balaban J connectivity index is 1.36. The molecule has 4 amide bonds. The second-order valence-electron chi connectivity index (χ2n) is 6.90. The number of carbonyl (C=O) groups is 3. The summed E-state index contributed by atoms with van der Waals surface area (Å²) in [7, 11) is 0. The molecule has 1 fully saturated rings. The fourth-order valence-corrected chi connectivity index (χ4v) is 3.14. The van der Waals surface area contributed by atoms with E-state index in [2.05, 4.69) is 10.6 Å². The number of urea groups is 1. The van der Waals surface area contributed by atoms with Gasteiger partial charge in [-0.1, -0.05) is 0 Å². The Bertz CT molecular complexity index is 1110. The summed E-state index contributed by atoms with van der Waals surface area (Å²) in [6.07, 6.45) is 0. The first-order valence-corrected chi connectivity index (χ1v) is 9.64. The molecular formula is C23H20N4O4. The first-order valence-electron chi connectivity index (χ1n) is 9.64. The molecule has 8 nitrogen and oxygen atoms in total. The molecule has 0 aliphatic carbocycles. The summed E-state index contributed by atoms with van der Waals surface area (Å²) in [5.74, 6) is 0.340. The number of nitrogens with one attached hydrogen (secondary N) is 2. The Labute approximate surface area is 178 Å². The van der Waals surface area contributed by atoms with Crippen molar-refractivity contribution in [2.24, 2.45) is 5.73 Å². The average Bonchev–Trinajstić information content (AvgIpc) is 3.21. The number of amides is 4. The lowest BCUT2D eigenvalue weighted by Gasteiger charge is -2.14. The minimum Gasteiger partial charge on any atom is -0.457 e. The Morgan fingerprint density at radius 1 is 0.871 bits per heavy atom. The Hall–Kier alpha value is -4.33. The van der Waals surface area contributed by atoms with Crippen molar-refractivity contribution in [3.63, 3.8) is 0 Å². The molecule has 0 bridgehead atoms. The number of carbonyl (C=O) groups excluding carboxylic acids is 3. The van der Waals surface area contributed by atoms with Crippen molar-refractivity contribution >= 4 is 29.2 Å². The molecule has 0 spiro atoms. The highest BCUT2D eigenvalue weighted by atomic mass is 16.5. The number of hydrogen-bond donors (Lipinski definition) is 3. The molecule has 1 saturated heterocycles. The van der Waals surface area contributed by atoms with E-state index in [-0.39, 0.29) is 11.9 Å². The lowest BCUT2D eigenvalue weighted by molar-refractivity contribution is 0.0997. The minimum absolute atomic E-state index is 0.122. The molecule has 8 heteroatoms. The van der Waals surface area contributed by atoms with Crippen LogP contribution in [0.2, 0.25) is 0 Å². The first kappa shape index (κ1) is 20.0. The van der Waals surface area contributed by atoms with Gasteiger partial charge < -0.3 is 21.1 Å². The standard InChI is InChI=1S/C23H20N4O4/c24-21(28)15-1-9-19(10-2-15)31-20-11-3-16(4-12-20)22(29)26-17-5-7-18(8-6-17)27-14-13-25-23(27)30/h1-12H,13-14H2,(H2,24,28)(H,25,30)(H,26,29). The maximum Gasteiger partial charge on any atom is 0.321 e. The van der Waals surface area contributed by atoms with Gasteiger partial charge >= 0.3 is 6.03 Å². The van der Waals surface area contributed by atoms with E-state index in [4.69, 9.17) is 10.5 Å². The van der Waals surface area contributed by atoms with Crippen molar-refractivity contribution in [2.75, 3.05) is 23.3 Å². The maximum absolute atomic E-state index is 12.5. The quantitative estimate of drug-likeness (QED) is 0.572. The third-order valence-electron chi connectivity index (χ3n) is 4.78. The highest BCUT2D eigenvalue weighted by Gasteiger charge is 2.20. The van der Waals surface area contributed by atoms with Crippen molar-refractivity contribution in [2.45, 2.75) is 0 Å². The van der Waals surface area contributed by atoms with E-state index in [0.717, 1.165) is 5.69 Å². The van der Waals surface area contributed by atoms with Gasteiger partial charge in [0.1, 0.15) is 11.5 Å². The third-order valence-corrected chi connectivity index (χ3v) is 4.78. The molecule has 3 aromatic carbocycles. The van der Waals surface area contributed by atoms with Crippen molar-refractivity contribution in [1.82, 2.24) is 5.32 Å². The van der Waals surface area contributed by atoms with Gasteiger partial charge in [-0.25, -0.2) is 4.79 Å².